The van der Waals surface area contributed by atoms with Crippen molar-refractivity contribution in [3.8, 4) is 5.69 Å². The zero-order valence-corrected chi connectivity index (χ0v) is 14.9. The minimum absolute atomic E-state index is 0.0809. The highest BCUT2D eigenvalue weighted by atomic mass is 16.2. The minimum Gasteiger partial charge on any atom is -0.321 e. The van der Waals surface area contributed by atoms with Crippen LogP contribution in [0.2, 0.25) is 0 Å². The molecule has 3 aromatic rings. The molecule has 0 bridgehead atoms. The van der Waals surface area contributed by atoms with E-state index >= 15 is 0 Å². The molecule has 0 spiro atoms. The summed E-state index contributed by atoms with van der Waals surface area (Å²) < 4.78 is 1.66. The van der Waals surface area contributed by atoms with E-state index in [0.29, 0.717) is 11.4 Å². The Labute approximate surface area is 147 Å². The molecule has 3 rings (SSSR count). The summed E-state index contributed by atoms with van der Waals surface area (Å²) in [5.41, 5.74) is 3.94. The van der Waals surface area contributed by atoms with E-state index < -0.39 is 0 Å². The molecule has 0 atom stereocenters. The van der Waals surface area contributed by atoms with E-state index in [2.05, 4.69) is 36.4 Å². The van der Waals surface area contributed by atoms with Crippen LogP contribution >= 0.6 is 0 Å². The molecule has 1 amide bonds. The van der Waals surface area contributed by atoms with Gasteiger partial charge >= 0.3 is 0 Å². The molecule has 2 aromatic carbocycles. The maximum atomic E-state index is 12.5. The highest BCUT2D eigenvalue weighted by Crippen LogP contribution is 2.23. The Morgan fingerprint density at radius 2 is 1.64 bits per heavy atom. The molecular weight excluding hydrogens is 312 g/mol. The first-order valence-corrected chi connectivity index (χ1v) is 8.26. The van der Waals surface area contributed by atoms with Gasteiger partial charge in [-0.15, -0.1) is 5.10 Å². The maximum absolute atomic E-state index is 12.5. The molecule has 25 heavy (non-hydrogen) atoms. The highest BCUT2D eigenvalue weighted by Gasteiger charge is 2.18. The zero-order chi connectivity index (χ0) is 18.0. The van der Waals surface area contributed by atoms with Gasteiger partial charge in [0, 0.05) is 5.69 Å². The predicted molar refractivity (Wildman–Crippen MR) is 99.2 cm³/mol. The third-order valence-corrected chi connectivity index (χ3v) is 4.12. The van der Waals surface area contributed by atoms with E-state index in [0.717, 1.165) is 11.4 Å². The van der Waals surface area contributed by atoms with Crippen LogP contribution in [0.15, 0.2) is 54.6 Å². The van der Waals surface area contributed by atoms with Crippen molar-refractivity contribution in [1.29, 1.82) is 0 Å². The van der Waals surface area contributed by atoms with Crippen LogP contribution in [-0.4, -0.2) is 20.9 Å². The van der Waals surface area contributed by atoms with Crippen LogP contribution < -0.4 is 5.32 Å². The van der Waals surface area contributed by atoms with Crippen molar-refractivity contribution in [2.45, 2.75) is 33.1 Å². The Balaban J connectivity index is 1.79. The molecule has 128 valence electrons. The second-order valence-corrected chi connectivity index (χ2v) is 7.05. The number of aromatic nitrogens is 3. The quantitative estimate of drug-likeness (QED) is 0.783. The summed E-state index contributed by atoms with van der Waals surface area (Å²) in [6.07, 6.45) is 0. The average molecular weight is 334 g/mol. The van der Waals surface area contributed by atoms with Gasteiger partial charge in [0.05, 0.1) is 11.4 Å². The normalized spacial score (nSPS) is 11.4. The third kappa shape index (κ3) is 3.60. The van der Waals surface area contributed by atoms with Crippen molar-refractivity contribution in [2.75, 3.05) is 5.32 Å². The van der Waals surface area contributed by atoms with Crippen LogP contribution in [0.25, 0.3) is 5.69 Å². The molecule has 5 nitrogen and oxygen atoms in total. The fraction of sp³-hybridized carbons (Fsp3) is 0.250. The van der Waals surface area contributed by atoms with Gasteiger partial charge in [-0.25, -0.2) is 4.68 Å². The molecule has 1 aromatic heterocycles. The SMILES string of the molecule is Cc1c(C(=O)Nc2ccc(C(C)(C)C)cc2)nnn1-c1ccccc1. The molecule has 0 aliphatic heterocycles. The zero-order valence-electron chi connectivity index (χ0n) is 14.9. The van der Waals surface area contributed by atoms with Crippen molar-refractivity contribution in [3.63, 3.8) is 0 Å². The standard InChI is InChI=1S/C20H22N4O/c1-14-18(22-23-24(14)17-8-6-5-7-9-17)19(25)21-16-12-10-15(11-13-16)20(2,3)4/h5-13H,1-4H3,(H,21,25). The fourth-order valence-electron chi connectivity index (χ4n) is 2.60. The molecule has 1 N–H and O–H groups in total. The van der Waals surface area contributed by atoms with Gasteiger partial charge < -0.3 is 5.32 Å². The van der Waals surface area contributed by atoms with Crippen molar-refractivity contribution in [3.05, 3.63) is 71.5 Å². The van der Waals surface area contributed by atoms with Crippen LogP contribution in [0.4, 0.5) is 5.69 Å². The first-order chi connectivity index (χ1) is 11.9. The molecular formula is C20H22N4O. The third-order valence-electron chi connectivity index (χ3n) is 4.12. The van der Waals surface area contributed by atoms with Crippen molar-refractivity contribution >= 4 is 11.6 Å². The van der Waals surface area contributed by atoms with Crippen LogP contribution in [0, 0.1) is 6.92 Å². The lowest BCUT2D eigenvalue weighted by molar-refractivity contribution is 0.102. The van der Waals surface area contributed by atoms with E-state index in [9.17, 15) is 4.79 Å². The molecule has 1 heterocycles. The van der Waals surface area contributed by atoms with E-state index in [1.165, 1.54) is 5.56 Å². The Hall–Kier alpha value is -2.95. The van der Waals surface area contributed by atoms with Crippen molar-refractivity contribution < 1.29 is 4.79 Å². The van der Waals surface area contributed by atoms with Gasteiger partial charge in [-0.3, -0.25) is 4.79 Å². The van der Waals surface area contributed by atoms with Crippen LogP contribution in [-0.2, 0) is 5.41 Å². The van der Waals surface area contributed by atoms with Crippen molar-refractivity contribution in [1.82, 2.24) is 15.0 Å². The van der Waals surface area contributed by atoms with Gasteiger partial charge in [0.25, 0.3) is 5.91 Å². The lowest BCUT2D eigenvalue weighted by atomic mass is 9.87. The smallest absolute Gasteiger partial charge is 0.278 e. The summed E-state index contributed by atoms with van der Waals surface area (Å²) in [5.74, 6) is -0.261. The Morgan fingerprint density at radius 3 is 2.24 bits per heavy atom. The molecule has 0 aliphatic rings. The van der Waals surface area contributed by atoms with E-state index in [-0.39, 0.29) is 11.3 Å². The summed E-state index contributed by atoms with van der Waals surface area (Å²) >= 11 is 0. The molecule has 0 saturated heterocycles. The Bertz CT molecular complexity index is 874. The lowest BCUT2D eigenvalue weighted by Gasteiger charge is -2.19. The highest BCUT2D eigenvalue weighted by molar-refractivity contribution is 6.03. The molecule has 0 unspecified atom stereocenters. The van der Waals surface area contributed by atoms with E-state index in [4.69, 9.17) is 0 Å². The largest absolute Gasteiger partial charge is 0.321 e. The van der Waals surface area contributed by atoms with Gasteiger partial charge in [0.15, 0.2) is 5.69 Å². The van der Waals surface area contributed by atoms with Gasteiger partial charge in [0.1, 0.15) is 0 Å². The summed E-state index contributed by atoms with van der Waals surface area (Å²) in [5, 5.41) is 11.0. The molecule has 5 heteroatoms. The first kappa shape index (κ1) is 16.9. The number of nitrogens with one attached hydrogen (secondary N) is 1. The first-order valence-electron chi connectivity index (χ1n) is 8.26. The molecule has 0 saturated carbocycles. The molecule has 0 aliphatic carbocycles. The topological polar surface area (TPSA) is 59.8 Å². The monoisotopic (exact) mass is 334 g/mol. The number of benzene rings is 2. The summed E-state index contributed by atoms with van der Waals surface area (Å²) in [4.78, 5) is 12.5. The van der Waals surface area contributed by atoms with Crippen LogP contribution in [0.3, 0.4) is 0 Å². The number of amides is 1. The van der Waals surface area contributed by atoms with E-state index in [1.807, 2.05) is 61.5 Å². The Morgan fingerprint density at radius 1 is 1.00 bits per heavy atom. The second-order valence-electron chi connectivity index (χ2n) is 7.05. The number of carbonyl (C=O) groups excluding carboxylic acids is 1. The Kier molecular flexibility index (Phi) is 4.40. The number of nitrogens with zero attached hydrogens (tertiary/aromatic N) is 3. The number of hydrogen-bond acceptors (Lipinski definition) is 3. The van der Waals surface area contributed by atoms with E-state index in [1.54, 1.807) is 4.68 Å². The number of rotatable bonds is 3. The number of para-hydroxylation sites is 1. The van der Waals surface area contributed by atoms with Gasteiger partial charge in [-0.2, -0.15) is 0 Å². The fourth-order valence-corrected chi connectivity index (χ4v) is 2.60. The van der Waals surface area contributed by atoms with Crippen LogP contribution in [0.5, 0.6) is 0 Å². The van der Waals surface area contributed by atoms with Crippen molar-refractivity contribution in [2.24, 2.45) is 0 Å². The van der Waals surface area contributed by atoms with Gasteiger partial charge in [-0.05, 0) is 42.2 Å². The van der Waals surface area contributed by atoms with Gasteiger partial charge in [0.2, 0.25) is 0 Å². The number of hydrogen-bond donors (Lipinski definition) is 1. The van der Waals surface area contributed by atoms with Gasteiger partial charge in [-0.1, -0.05) is 56.3 Å². The second kappa shape index (κ2) is 6.51. The summed E-state index contributed by atoms with van der Waals surface area (Å²) in [6.45, 7) is 8.31. The summed E-state index contributed by atoms with van der Waals surface area (Å²) in [6, 6.07) is 17.5. The lowest BCUT2D eigenvalue weighted by Crippen LogP contribution is -2.15. The molecule has 0 fully saturated rings. The number of anilines is 1. The predicted octanol–water partition coefficient (Wildman–Crippen LogP) is 4.13. The summed E-state index contributed by atoms with van der Waals surface area (Å²) in [7, 11) is 0. The maximum Gasteiger partial charge on any atom is 0.278 e. The minimum atomic E-state index is -0.261. The van der Waals surface area contributed by atoms with Crippen LogP contribution in [0.1, 0.15) is 42.5 Å². The number of carbonyl (C=O) groups is 1. The molecule has 0 radical (unpaired) electrons. The average Bonchev–Trinajstić information content (AvgIpc) is 2.97.